The Balaban J connectivity index is 1.68. The van der Waals surface area contributed by atoms with Crippen molar-refractivity contribution in [2.24, 2.45) is 5.92 Å². The quantitative estimate of drug-likeness (QED) is 0.813. The van der Waals surface area contributed by atoms with Crippen LogP contribution < -0.4 is 9.47 Å². The number of likely N-dealkylation sites (tertiary alicyclic amines) is 1. The third-order valence-electron chi connectivity index (χ3n) is 6.82. The van der Waals surface area contributed by atoms with Crippen molar-refractivity contribution >= 4 is 11.9 Å². The molecular weight excluding hydrogens is 334 g/mol. The van der Waals surface area contributed by atoms with Gasteiger partial charge in [-0.2, -0.15) is 0 Å². The van der Waals surface area contributed by atoms with Crippen LogP contribution in [-0.2, 0) is 21.4 Å². The SMILES string of the molecule is CCOC(=O)N1CC[C@]23c4c5ccc(OC)c4O[C@H]2C(=O)CC[C@H]3[C@H]1C5. The van der Waals surface area contributed by atoms with Crippen molar-refractivity contribution in [1.82, 2.24) is 4.90 Å². The van der Waals surface area contributed by atoms with Crippen LogP contribution in [0.25, 0.3) is 0 Å². The number of benzene rings is 1. The lowest BCUT2D eigenvalue weighted by molar-refractivity contribution is -0.137. The molecule has 6 heteroatoms. The molecule has 26 heavy (non-hydrogen) atoms. The maximum absolute atomic E-state index is 12.8. The third-order valence-corrected chi connectivity index (χ3v) is 6.82. The number of hydrogen-bond acceptors (Lipinski definition) is 5. The van der Waals surface area contributed by atoms with Crippen molar-refractivity contribution in [2.45, 2.75) is 50.2 Å². The number of methoxy groups -OCH3 is 1. The van der Waals surface area contributed by atoms with E-state index < -0.39 is 6.10 Å². The van der Waals surface area contributed by atoms with Crippen LogP contribution in [0.15, 0.2) is 12.1 Å². The zero-order valence-corrected chi connectivity index (χ0v) is 15.1. The summed E-state index contributed by atoms with van der Waals surface area (Å²) in [5, 5.41) is 0. The number of piperidine rings is 1. The second kappa shape index (κ2) is 5.38. The molecule has 0 unspecified atom stereocenters. The Labute approximate surface area is 152 Å². The summed E-state index contributed by atoms with van der Waals surface area (Å²) in [4.78, 5) is 27.2. The number of rotatable bonds is 2. The van der Waals surface area contributed by atoms with Crippen LogP contribution in [0, 0.1) is 5.92 Å². The smallest absolute Gasteiger partial charge is 0.410 e. The Morgan fingerprint density at radius 2 is 2.27 bits per heavy atom. The van der Waals surface area contributed by atoms with Crippen LogP contribution in [0.4, 0.5) is 4.79 Å². The van der Waals surface area contributed by atoms with Gasteiger partial charge in [0.1, 0.15) is 0 Å². The number of hydrogen-bond donors (Lipinski definition) is 0. The Hall–Kier alpha value is -2.24. The number of ketones is 1. The van der Waals surface area contributed by atoms with Gasteiger partial charge in [-0.1, -0.05) is 6.07 Å². The summed E-state index contributed by atoms with van der Waals surface area (Å²) < 4.78 is 17.1. The number of carbonyl (C=O) groups is 2. The highest BCUT2D eigenvalue weighted by Gasteiger charge is 2.66. The molecule has 2 fully saturated rings. The van der Waals surface area contributed by atoms with Gasteiger partial charge in [-0.05, 0) is 43.7 Å². The molecule has 1 saturated carbocycles. The first kappa shape index (κ1) is 16.0. The molecule has 1 spiro atoms. The van der Waals surface area contributed by atoms with Gasteiger partial charge in [0.2, 0.25) is 0 Å². The maximum atomic E-state index is 12.8. The summed E-state index contributed by atoms with van der Waals surface area (Å²) >= 11 is 0. The van der Waals surface area contributed by atoms with E-state index in [0.29, 0.717) is 25.3 Å². The Morgan fingerprint density at radius 3 is 3.04 bits per heavy atom. The second-order valence-electron chi connectivity index (χ2n) is 7.69. The third kappa shape index (κ3) is 1.77. The van der Waals surface area contributed by atoms with Gasteiger partial charge in [0, 0.05) is 24.6 Å². The molecule has 2 aliphatic heterocycles. The fraction of sp³-hybridized carbons (Fsp3) is 0.600. The monoisotopic (exact) mass is 357 g/mol. The van der Waals surface area contributed by atoms with Crippen molar-refractivity contribution in [3.8, 4) is 11.5 Å². The fourth-order valence-electron chi connectivity index (χ4n) is 5.91. The topological polar surface area (TPSA) is 65.1 Å². The average molecular weight is 357 g/mol. The summed E-state index contributed by atoms with van der Waals surface area (Å²) in [5.74, 6) is 1.85. The number of nitrogens with zero attached hydrogens (tertiary/aromatic N) is 1. The lowest BCUT2D eigenvalue weighted by Crippen LogP contribution is -2.67. The molecule has 0 radical (unpaired) electrons. The Kier molecular flexibility index (Phi) is 3.30. The van der Waals surface area contributed by atoms with E-state index in [4.69, 9.17) is 14.2 Å². The van der Waals surface area contributed by atoms with Crippen LogP contribution in [0.1, 0.15) is 37.3 Å². The summed E-state index contributed by atoms with van der Waals surface area (Å²) in [7, 11) is 1.63. The molecular formula is C20H23NO5. The maximum Gasteiger partial charge on any atom is 0.410 e. The highest BCUT2D eigenvalue weighted by Crippen LogP contribution is 2.63. The van der Waals surface area contributed by atoms with E-state index in [9.17, 15) is 9.59 Å². The molecule has 1 amide bonds. The zero-order chi connectivity index (χ0) is 18.1. The van der Waals surface area contributed by atoms with Gasteiger partial charge in [0.15, 0.2) is 23.4 Å². The molecule has 0 aromatic heterocycles. The summed E-state index contributed by atoms with van der Waals surface area (Å²) in [6.45, 7) is 2.81. The lowest BCUT2D eigenvalue weighted by Gasteiger charge is -2.57. The number of carbonyl (C=O) groups excluding carboxylic acids is 2. The molecule has 1 aromatic carbocycles. The molecule has 5 rings (SSSR count). The number of ether oxygens (including phenoxy) is 3. The normalized spacial score (nSPS) is 33.4. The van der Waals surface area contributed by atoms with Gasteiger partial charge in [-0.3, -0.25) is 4.79 Å². The van der Waals surface area contributed by atoms with Gasteiger partial charge in [0.05, 0.1) is 19.1 Å². The molecule has 6 nitrogen and oxygen atoms in total. The van der Waals surface area contributed by atoms with E-state index in [2.05, 4.69) is 6.07 Å². The molecule has 138 valence electrons. The Morgan fingerprint density at radius 1 is 1.42 bits per heavy atom. The standard InChI is InChI=1S/C20H23NO5/c1-3-25-19(23)21-9-8-20-12-5-6-14(22)18(20)26-17-15(24-2)7-4-11(16(17)20)10-13(12)21/h4,7,12-13,18H,3,5-6,8-10H2,1-2H3/t12-,13+,18-,20-/m0/s1. The highest BCUT2D eigenvalue weighted by molar-refractivity contribution is 5.89. The largest absolute Gasteiger partial charge is 0.493 e. The average Bonchev–Trinajstić information content (AvgIpc) is 2.98. The van der Waals surface area contributed by atoms with Crippen molar-refractivity contribution in [3.05, 3.63) is 23.3 Å². The van der Waals surface area contributed by atoms with Crippen LogP contribution in [-0.4, -0.2) is 49.2 Å². The Bertz CT molecular complexity index is 806. The molecule has 1 saturated heterocycles. The van der Waals surface area contributed by atoms with Crippen LogP contribution in [0.5, 0.6) is 11.5 Å². The first-order chi connectivity index (χ1) is 12.6. The summed E-state index contributed by atoms with van der Waals surface area (Å²) in [6, 6.07) is 4.05. The predicted molar refractivity (Wildman–Crippen MR) is 92.7 cm³/mol. The molecule has 4 atom stereocenters. The van der Waals surface area contributed by atoms with Crippen molar-refractivity contribution < 1.29 is 23.8 Å². The van der Waals surface area contributed by atoms with E-state index in [1.54, 1.807) is 7.11 Å². The first-order valence-electron chi connectivity index (χ1n) is 9.45. The molecule has 4 aliphatic rings. The van der Waals surface area contributed by atoms with Gasteiger partial charge in [-0.25, -0.2) is 4.79 Å². The lowest BCUT2D eigenvalue weighted by atomic mass is 9.51. The van der Waals surface area contributed by atoms with Gasteiger partial charge < -0.3 is 19.1 Å². The molecule has 2 aliphatic carbocycles. The highest BCUT2D eigenvalue weighted by atomic mass is 16.6. The minimum atomic E-state index is -0.446. The molecule has 1 aromatic rings. The van der Waals surface area contributed by atoms with E-state index in [-0.39, 0.29) is 29.3 Å². The second-order valence-corrected chi connectivity index (χ2v) is 7.69. The molecule has 2 heterocycles. The first-order valence-corrected chi connectivity index (χ1v) is 9.45. The fourth-order valence-corrected chi connectivity index (χ4v) is 5.91. The summed E-state index contributed by atoms with van der Waals surface area (Å²) in [5.41, 5.74) is 2.02. The van der Waals surface area contributed by atoms with Crippen LogP contribution >= 0.6 is 0 Å². The van der Waals surface area contributed by atoms with Crippen molar-refractivity contribution in [3.63, 3.8) is 0 Å². The van der Waals surface area contributed by atoms with E-state index in [1.165, 1.54) is 11.1 Å². The minimum absolute atomic E-state index is 0.0637. The van der Waals surface area contributed by atoms with E-state index in [1.807, 2.05) is 17.9 Å². The van der Waals surface area contributed by atoms with E-state index in [0.717, 1.165) is 25.0 Å². The van der Waals surface area contributed by atoms with E-state index >= 15 is 0 Å². The molecule has 0 N–H and O–H groups in total. The van der Waals surface area contributed by atoms with Crippen molar-refractivity contribution in [1.29, 1.82) is 0 Å². The summed E-state index contributed by atoms with van der Waals surface area (Å²) in [6.07, 6.45) is 2.14. The zero-order valence-electron chi connectivity index (χ0n) is 15.1. The van der Waals surface area contributed by atoms with Crippen LogP contribution in [0.3, 0.4) is 0 Å². The van der Waals surface area contributed by atoms with Crippen LogP contribution in [0.2, 0.25) is 0 Å². The minimum Gasteiger partial charge on any atom is -0.493 e. The predicted octanol–water partition coefficient (Wildman–Crippen LogP) is 2.46. The van der Waals surface area contributed by atoms with Gasteiger partial charge in [-0.15, -0.1) is 0 Å². The van der Waals surface area contributed by atoms with Crippen molar-refractivity contribution in [2.75, 3.05) is 20.3 Å². The van der Waals surface area contributed by atoms with Gasteiger partial charge >= 0.3 is 6.09 Å². The molecule has 2 bridgehead atoms. The van der Waals surface area contributed by atoms with Gasteiger partial charge in [0.25, 0.3) is 0 Å². The number of Topliss-reactive ketones (excluding diaryl/α,β-unsaturated/α-hetero) is 1. The number of amides is 1.